The number of hydrogen-bond acceptors (Lipinski definition) is 4. The van der Waals surface area contributed by atoms with E-state index in [9.17, 15) is 9.90 Å². The SMILES string of the molecule is COc1cc(C(=O)NCC2(C)CC2)cc(OC)c1O. The summed E-state index contributed by atoms with van der Waals surface area (Å²) >= 11 is 0. The number of nitrogens with one attached hydrogen (secondary N) is 1. The highest BCUT2D eigenvalue weighted by Crippen LogP contribution is 2.44. The standard InChI is InChI=1S/C14H19NO4/c1-14(4-5-14)8-15-13(17)9-6-10(18-2)12(16)11(7-9)19-3/h6-7,16H,4-5,8H2,1-3H3,(H,15,17). The fourth-order valence-corrected chi connectivity index (χ4v) is 1.81. The highest BCUT2D eigenvalue weighted by atomic mass is 16.5. The van der Waals surface area contributed by atoms with Gasteiger partial charge in [-0.25, -0.2) is 0 Å². The average Bonchev–Trinajstić information content (AvgIpc) is 3.15. The topological polar surface area (TPSA) is 67.8 Å². The fraction of sp³-hybridized carbons (Fsp3) is 0.500. The highest BCUT2D eigenvalue weighted by molar-refractivity contribution is 5.95. The summed E-state index contributed by atoms with van der Waals surface area (Å²) in [6.07, 6.45) is 2.30. The first kappa shape index (κ1) is 13.5. The Hall–Kier alpha value is -1.91. The summed E-state index contributed by atoms with van der Waals surface area (Å²) in [4.78, 5) is 12.1. The second-order valence-electron chi connectivity index (χ2n) is 5.22. The van der Waals surface area contributed by atoms with Crippen molar-refractivity contribution in [2.45, 2.75) is 19.8 Å². The molecule has 1 aromatic carbocycles. The number of phenols is 1. The Morgan fingerprint density at radius 3 is 2.26 bits per heavy atom. The zero-order valence-electron chi connectivity index (χ0n) is 11.4. The summed E-state index contributed by atoms with van der Waals surface area (Å²) < 4.78 is 10.1. The van der Waals surface area contributed by atoms with Gasteiger partial charge in [0.2, 0.25) is 5.75 Å². The van der Waals surface area contributed by atoms with Gasteiger partial charge < -0.3 is 19.9 Å². The fourth-order valence-electron chi connectivity index (χ4n) is 1.81. The Balaban J connectivity index is 2.16. The molecule has 1 saturated carbocycles. The molecule has 104 valence electrons. The average molecular weight is 265 g/mol. The first-order chi connectivity index (χ1) is 8.99. The minimum absolute atomic E-state index is 0.101. The highest BCUT2D eigenvalue weighted by Gasteiger charge is 2.37. The van der Waals surface area contributed by atoms with Crippen LogP contribution in [-0.4, -0.2) is 31.8 Å². The zero-order chi connectivity index (χ0) is 14.0. The van der Waals surface area contributed by atoms with Gasteiger partial charge in [0.05, 0.1) is 14.2 Å². The molecule has 0 spiro atoms. The third kappa shape index (κ3) is 2.92. The van der Waals surface area contributed by atoms with Gasteiger partial charge in [-0.05, 0) is 30.4 Å². The van der Waals surface area contributed by atoms with Crippen LogP contribution in [0.5, 0.6) is 17.2 Å². The monoisotopic (exact) mass is 265 g/mol. The third-order valence-corrected chi connectivity index (χ3v) is 3.52. The number of amides is 1. The molecule has 0 unspecified atom stereocenters. The van der Waals surface area contributed by atoms with E-state index in [1.807, 2.05) is 0 Å². The van der Waals surface area contributed by atoms with Crippen LogP contribution in [0, 0.1) is 5.41 Å². The molecule has 0 aromatic heterocycles. The van der Waals surface area contributed by atoms with E-state index in [2.05, 4.69) is 12.2 Å². The molecule has 1 fully saturated rings. The van der Waals surface area contributed by atoms with Crippen molar-refractivity contribution < 1.29 is 19.4 Å². The molecule has 0 radical (unpaired) electrons. The Morgan fingerprint density at radius 2 is 1.84 bits per heavy atom. The van der Waals surface area contributed by atoms with E-state index in [1.54, 1.807) is 0 Å². The molecule has 0 saturated heterocycles. The Kier molecular flexibility index (Phi) is 3.55. The van der Waals surface area contributed by atoms with Crippen molar-refractivity contribution >= 4 is 5.91 Å². The predicted molar refractivity (Wildman–Crippen MR) is 70.9 cm³/mol. The van der Waals surface area contributed by atoms with Crippen LogP contribution < -0.4 is 14.8 Å². The summed E-state index contributed by atoms with van der Waals surface area (Å²) in [6, 6.07) is 3.00. The van der Waals surface area contributed by atoms with Crippen LogP contribution in [0.1, 0.15) is 30.1 Å². The van der Waals surface area contributed by atoms with Gasteiger partial charge in [0, 0.05) is 12.1 Å². The number of methoxy groups -OCH3 is 2. The van der Waals surface area contributed by atoms with Gasteiger partial charge in [-0.3, -0.25) is 4.79 Å². The second kappa shape index (κ2) is 4.99. The first-order valence-electron chi connectivity index (χ1n) is 6.22. The van der Waals surface area contributed by atoms with E-state index in [-0.39, 0.29) is 28.6 Å². The van der Waals surface area contributed by atoms with Crippen molar-refractivity contribution in [3.63, 3.8) is 0 Å². The maximum Gasteiger partial charge on any atom is 0.251 e. The molecule has 0 heterocycles. The van der Waals surface area contributed by atoms with Crippen molar-refractivity contribution in [3.05, 3.63) is 17.7 Å². The number of carbonyl (C=O) groups excluding carboxylic acids is 1. The molecule has 1 aliphatic rings. The van der Waals surface area contributed by atoms with Gasteiger partial charge in [0.15, 0.2) is 11.5 Å². The Bertz CT molecular complexity index is 469. The van der Waals surface area contributed by atoms with Crippen molar-refractivity contribution in [2.24, 2.45) is 5.41 Å². The minimum atomic E-state index is -0.190. The lowest BCUT2D eigenvalue weighted by Crippen LogP contribution is -2.29. The van der Waals surface area contributed by atoms with Crippen LogP contribution in [0.2, 0.25) is 0 Å². The van der Waals surface area contributed by atoms with Crippen LogP contribution >= 0.6 is 0 Å². The molecule has 0 atom stereocenters. The summed E-state index contributed by atoms with van der Waals surface area (Å²) in [6.45, 7) is 2.81. The van der Waals surface area contributed by atoms with Crippen molar-refractivity contribution in [3.8, 4) is 17.2 Å². The van der Waals surface area contributed by atoms with Gasteiger partial charge in [-0.2, -0.15) is 0 Å². The molecular weight excluding hydrogens is 246 g/mol. The van der Waals surface area contributed by atoms with Crippen LogP contribution in [0.25, 0.3) is 0 Å². The number of hydrogen-bond donors (Lipinski definition) is 2. The third-order valence-electron chi connectivity index (χ3n) is 3.52. The van der Waals surface area contributed by atoms with E-state index in [4.69, 9.17) is 9.47 Å². The largest absolute Gasteiger partial charge is 0.502 e. The van der Waals surface area contributed by atoms with Gasteiger partial charge in [0.1, 0.15) is 0 Å². The molecule has 0 bridgehead atoms. The summed E-state index contributed by atoms with van der Waals surface area (Å²) in [5.74, 6) is 0.157. The second-order valence-corrected chi connectivity index (χ2v) is 5.22. The molecule has 2 rings (SSSR count). The Labute approximate surface area is 112 Å². The zero-order valence-corrected chi connectivity index (χ0v) is 11.4. The van der Waals surface area contributed by atoms with Gasteiger partial charge in [-0.15, -0.1) is 0 Å². The number of phenolic OH excluding ortho intramolecular Hbond substituents is 1. The molecule has 1 amide bonds. The van der Waals surface area contributed by atoms with Crippen LogP contribution in [0.3, 0.4) is 0 Å². The lowest BCUT2D eigenvalue weighted by atomic mass is 10.1. The number of aromatic hydroxyl groups is 1. The van der Waals surface area contributed by atoms with E-state index < -0.39 is 0 Å². The minimum Gasteiger partial charge on any atom is -0.502 e. The summed E-state index contributed by atoms with van der Waals surface area (Å²) in [5.41, 5.74) is 0.663. The molecule has 5 heteroatoms. The normalized spacial score (nSPS) is 15.7. The molecule has 1 aliphatic carbocycles. The maximum atomic E-state index is 12.1. The smallest absolute Gasteiger partial charge is 0.251 e. The maximum absolute atomic E-state index is 12.1. The lowest BCUT2D eigenvalue weighted by molar-refractivity contribution is 0.0945. The molecular formula is C14H19NO4. The summed E-state index contributed by atoms with van der Waals surface area (Å²) in [7, 11) is 2.86. The van der Waals surface area contributed by atoms with Gasteiger partial charge in [-0.1, -0.05) is 6.92 Å². The van der Waals surface area contributed by atoms with E-state index in [0.717, 1.165) is 12.8 Å². The number of benzene rings is 1. The molecule has 1 aromatic rings. The molecule has 2 N–H and O–H groups in total. The number of ether oxygens (including phenoxy) is 2. The van der Waals surface area contributed by atoms with E-state index in [0.29, 0.717) is 12.1 Å². The molecule has 0 aliphatic heterocycles. The molecule has 19 heavy (non-hydrogen) atoms. The van der Waals surface area contributed by atoms with Crippen LogP contribution in [-0.2, 0) is 0 Å². The quantitative estimate of drug-likeness (QED) is 0.853. The van der Waals surface area contributed by atoms with Gasteiger partial charge in [0.25, 0.3) is 5.91 Å². The van der Waals surface area contributed by atoms with Gasteiger partial charge >= 0.3 is 0 Å². The number of rotatable bonds is 5. The number of carbonyl (C=O) groups is 1. The van der Waals surface area contributed by atoms with Crippen molar-refractivity contribution in [1.29, 1.82) is 0 Å². The first-order valence-corrected chi connectivity index (χ1v) is 6.22. The van der Waals surface area contributed by atoms with Crippen molar-refractivity contribution in [2.75, 3.05) is 20.8 Å². The van der Waals surface area contributed by atoms with Crippen molar-refractivity contribution in [1.82, 2.24) is 5.32 Å². The van der Waals surface area contributed by atoms with E-state index in [1.165, 1.54) is 26.4 Å². The predicted octanol–water partition coefficient (Wildman–Crippen LogP) is 1.94. The van der Waals surface area contributed by atoms with Crippen LogP contribution in [0.15, 0.2) is 12.1 Å². The summed E-state index contributed by atoms with van der Waals surface area (Å²) in [5, 5.41) is 12.7. The lowest BCUT2D eigenvalue weighted by Gasteiger charge is -2.13. The molecule has 5 nitrogen and oxygen atoms in total. The Morgan fingerprint density at radius 1 is 1.32 bits per heavy atom. The van der Waals surface area contributed by atoms with Crippen LogP contribution in [0.4, 0.5) is 0 Å². The van der Waals surface area contributed by atoms with E-state index >= 15 is 0 Å².